The number of hydrogen-bond acceptors (Lipinski definition) is 3. The van der Waals surface area contributed by atoms with E-state index in [4.69, 9.17) is 0 Å². The molecule has 0 radical (unpaired) electrons. The van der Waals surface area contributed by atoms with Gasteiger partial charge in [0.1, 0.15) is 6.07 Å². The quantitative estimate of drug-likeness (QED) is 0.848. The molecule has 1 aromatic heterocycles. The molecule has 4 fully saturated rings. The number of rotatable bonds is 3. The lowest BCUT2D eigenvalue weighted by atomic mass is 9.54. The van der Waals surface area contributed by atoms with Gasteiger partial charge >= 0.3 is 0 Å². The summed E-state index contributed by atoms with van der Waals surface area (Å²) in [5.74, 6) is 3.52. The summed E-state index contributed by atoms with van der Waals surface area (Å²) in [5.41, 5.74) is 1.65. The minimum atomic E-state index is 0.527. The van der Waals surface area contributed by atoms with Gasteiger partial charge in [-0.05, 0) is 62.2 Å². The summed E-state index contributed by atoms with van der Waals surface area (Å²) in [6.45, 7) is 2.16. The topological polar surface area (TPSA) is 54.5 Å². The van der Waals surface area contributed by atoms with E-state index >= 15 is 0 Å². The van der Waals surface area contributed by atoms with Gasteiger partial charge in [0.05, 0.1) is 11.7 Å². The van der Waals surface area contributed by atoms with Crippen LogP contribution in [0.25, 0.3) is 0 Å². The Balaban J connectivity index is 1.71. The van der Waals surface area contributed by atoms with Crippen molar-refractivity contribution in [3.8, 4) is 6.07 Å². The van der Waals surface area contributed by atoms with Crippen LogP contribution in [-0.4, -0.2) is 15.0 Å². The van der Waals surface area contributed by atoms with E-state index in [0.717, 1.165) is 42.2 Å². The fraction of sp³-hybridized carbons (Fsp3) is 0.812. The minimum absolute atomic E-state index is 0.527. The Morgan fingerprint density at radius 2 is 1.80 bits per heavy atom. The van der Waals surface area contributed by atoms with Crippen molar-refractivity contribution < 1.29 is 0 Å². The molecule has 0 aromatic carbocycles. The SMILES string of the molecule is CCCc1c(C#N)nnn1C1C2CC3CC(C2)CC1C3. The Bertz CT molecular complexity index is 525. The summed E-state index contributed by atoms with van der Waals surface area (Å²) in [4.78, 5) is 0. The van der Waals surface area contributed by atoms with Crippen LogP contribution in [0.15, 0.2) is 0 Å². The zero-order valence-corrected chi connectivity index (χ0v) is 12.1. The van der Waals surface area contributed by atoms with Gasteiger partial charge in [-0.3, -0.25) is 0 Å². The van der Waals surface area contributed by atoms with Crippen molar-refractivity contribution in [3.63, 3.8) is 0 Å². The molecule has 0 unspecified atom stereocenters. The van der Waals surface area contributed by atoms with E-state index in [9.17, 15) is 5.26 Å². The van der Waals surface area contributed by atoms with E-state index < -0.39 is 0 Å². The standard InChI is InChI=1S/C16H22N4/c1-2-3-15-14(9-17)18-19-20(15)16-12-5-10-4-11(7-12)8-13(16)6-10/h10-13,16H,2-8H2,1H3. The third-order valence-electron chi connectivity index (χ3n) is 5.84. The Kier molecular flexibility index (Phi) is 2.83. The second-order valence-corrected chi connectivity index (χ2v) is 7.11. The molecule has 0 aliphatic heterocycles. The molecule has 20 heavy (non-hydrogen) atoms. The van der Waals surface area contributed by atoms with E-state index in [1.807, 2.05) is 0 Å². The second kappa shape index (κ2) is 4.58. The largest absolute Gasteiger partial charge is 0.244 e. The van der Waals surface area contributed by atoms with Crippen molar-refractivity contribution in [1.29, 1.82) is 5.26 Å². The summed E-state index contributed by atoms with van der Waals surface area (Å²) in [6, 6.07) is 2.76. The first kappa shape index (κ1) is 12.4. The zero-order valence-electron chi connectivity index (χ0n) is 12.1. The summed E-state index contributed by atoms with van der Waals surface area (Å²) >= 11 is 0. The summed E-state index contributed by atoms with van der Waals surface area (Å²) in [6.07, 6.45) is 8.97. The lowest BCUT2D eigenvalue weighted by Gasteiger charge is -2.54. The Hall–Kier alpha value is -1.37. The third kappa shape index (κ3) is 1.72. The van der Waals surface area contributed by atoms with Crippen LogP contribution in [0.5, 0.6) is 0 Å². The molecule has 1 heterocycles. The van der Waals surface area contributed by atoms with Gasteiger partial charge in [0.25, 0.3) is 0 Å². The molecule has 0 saturated heterocycles. The van der Waals surface area contributed by atoms with Gasteiger partial charge in [0, 0.05) is 0 Å². The number of aromatic nitrogens is 3. The van der Waals surface area contributed by atoms with Crippen molar-refractivity contribution in [1.82, 2.24) is 15.0 Å². The summed E-state index contributed by atoms with van der Waals surface area (Å²) in [5, 5.41) is 17.8. The first-order valence-electron chi connectivity index (χ1n) is 8.14. The van der Waals surface area contributed by atoms with Gasteiger partial charge < -0.3 is 0 Å². The van der Waals surface area contributed by atoms with Gasteiger partial charge in [-0.25, -0.2) is 4.68 Å². The lowest BCUT2D eigenvalue weighted by Crippen LogP contribution is -2.46. The van der Waals surface area contributed by atoms with Gasteiger partial charge in [-0.2, -0.15) is 5.26 Å². The first-order chi connectivity index (χ1) is 9.80. The van der Waals surface area contributed by atoms with Crippen LogP contribution in [0.1, 0.15) is 62.9 Å². The van der Waals surface area contributed by atoms with Crippen molar-refractivity contribution in [3.05, 3.63) is 11.4 Å². The number of nitrogens with zero attached hydrogens (tertiary/aromatic N) is 4. The molecule has 4 nitrogen and oxygen atoms in total. The molecule has 1 aromatic rings. The van der Waals surface area contributed by atoms with E-state index in [1.54, 1.807) is 0 Å². The molecular weight excluding hydrogens is 248 g/mol. The average molecular weight is 270 g/mol. The lowest BCUT2D eigenvalue weighted by molar-refractivity contribution is -0.0352. The number of nitriles is 1. The fourth-order valence-corrected chi connectivity index (χ4v) is 5.41. The highest BCUT2D eigenvalue weighted by Crippen LogP contribution is 2.58. The highest BCUT2D eigenvalue weighted by Gasteiger charge is 2.49. The number of hydrogen-bond donors (Lipinski definition) is 0. The molecule has 4 saturated carbocycles. The zero-order chi connectivity index (χ0) is 13.7. The maximum Gasteiger partial charge on any atom is 0.185 e. The van der Waals surface area contributed by atoms with Crippen LogP contribution >= 0.6 is 0 Å². The van der Waals surface area contributed by atoms with Crippen LogP contribution in [0.4, 0.5) is 0 Å². The molecular formula is C16H22N4. The maximum absolute atomic E-state index is 9.24. The van der Waals surface area contributed by atoms with Crippen LogP contribution in [0.2, 0.25) is 0 Å². The molecule has 0 spiro atoms. The molecule has 4 bridgehead atoms. The molecule has 4 heteroatoms. The van der Waals surface area contributed by atoms with E-state index in [-0.39, 0.29) is 0 Å². The molecule has 0 amide bonds. The smallest absolute Gasteiger partial charge is 0.185 e. The van der Waals surface area contributed by atoms with Crippen LogP contribution in [0.3, 0.4) is 0 Å². The third-order valence-corrected chi connectivity index (χ3v) is 5.84. The molecule has 0 atom stereocenters. The Labute approximate surface area is 120 Å². The van der Waals surface area contributed by atoms with Crippen LogP contribution in [-0.2, 0) is 6.42 Å². The van der Waals surface area contributed by atoms with Crippen molar-refractivity contribution in [2.24, 2.45) is 23.7 Å². The van der Waals surface area contributed by atoms with E-state index in [2.05, 4.69) is 28.0 Å². The average Bonchev–Trinajstić information content (AvgIpc) is 2.81. The van der Waals surface area contributed by atoms with Crippen LogP contribution < -0.4 is 0 Å². The highest BCUT2D eigenvalue weighted by molar-refractivity contribution is 5.25. The van der Waals surface area contributed by atoms with Crippen LogP contribution in [0, 0.1) is 35.0 Å². The minimum Gasteiger partial charge on any atom is -0.244 e. The van der Waals surface area contributed by atoms with E-state index in [0.29, 0.717) is 11.7 Å². The van der Waals surface area contributed by atoms with Gasteiger partial charge in [0.2, 0.25) is 0 Å². The predicted molar refractivity (Wildman–Crippen MR) is 74.8 cm³/mol. The molecule has 4 aliphatic carbocycles. The first-order valence-corrected chi connectivity index (χ1v) is 8.14. The van der Waals surface area contributed by atoms with Gasteiger partial charge in [-0.15, -0.1) is 5.10 Å². The molecule has 4 aliphatic rings. The Morgan fingerprint density at radius 1 is 1.15 bits per heavy atom. The van der Waals surface area contributed by atoms with Gasteiger partial charge in [-0.1, -0.05) is 18.6 Å². The Morgan fingerprint density at radius 3 is 2.35 bits per heavy atom. The molecule has 0 N–H and O–H groups in total. The second-order valence-electron chi connectivity index (χ2n) is 7.11. The maximum atomic E-state index is 9.24. The monoisotopic (exact) mass is 270 g/mol. The normalized spacial score (nSPS) is 38.1. The molecule has 106 valence electrons. The summed E-state index contributed by atoms with van der Waals surface area (Å²) < 4.78 is 2.16. The van der Waals surface area contributed by atoms with Crippen molar-refractivity contribution in [2.75, 3.05) is 0 Å². The predicted octanol–water partition coefficient (Wildman–Crippen LogP) is 3.10. The van der Waals surface area contributed by atoms with Gasteiger partial charge in [0.15, 0.2) is 5.69 Å². The molecule has 5 rings (SSSR count). The fourth-order valence-electron chi connectivity index (χ4n) is 5.41. The highest BCUT2D eigenvalue weighted by atomic mass is 15.4. The van der Waals surface area contributed by atoms with Crippen molar-refractivity contribution in [2.45, 2.75) is 57.9 Å². The van der Waals surface area contributed by atoms with Crippen molar-refractivity contribution >= 4 is 0 Å². The summed E-state index contributed by atoms with van der Waals surface area (Å²) in [7, 11) is 0. The van der Waals surface area contributed by atoms with E-state index in [1.165, 1.54) is 32.1 Å².